The van der Waals surface area contributed by atoms with Crippen molar-refractivity contribution in [2.24, 2.45) is 0 Å². The van der Waals surface area contributed by atoms with Crippen molar-refractivity contribution >= 4 is 11.8 Å². The maximum atomic E-state index is 12.7. The van der Waals surface area contributed by atoms with E-state index in [2.05, 4.69) is 10.4 Å². The summed E-state index contributed by atoms with van der Waals surface area (Å²) in [5.41, 5.74) is 1.85. The summed E-state index contributed by atoms with van der Waals surface area (Å²) < 4.78 is 7.26. The van der Waals surface area contributed by atoms with E-state index in [1.807, 2.05) is 54.7 Å². The van der Waals surface area contributed by atoms with Gasteiger partial charge in [0.2, 0.25) is 5.91 Å². The summed E-state index contributed by atoms with van der Waals surface area (Å²) in [7, 11) is 0. The molecule has 1 saturated heterocycles. The fourth-order valence-corrected chi connectivity index (χ4v) is 3.58. The van der Waals surface area contributed by atoms with Crippen LogP contribution in [0.25, 0.3) is 5.69 Å². The highest BCUT2D eigenvalue weighted by atomic mass is 16.5. The molecule has 0 bridgehead atoms. The van der Waals surface area contributed by atoms with Crippen LogP contribution in [0.3, 0.4) is 0 Å². The molecule has 2 amide bonds. The Morgan fingerprint density at radius 3 is 2.58 bits per heavy atom. The number of carbonyl (C=O) groups excluding carboxylic acids is 2. The number of β-amino-alcohol motifs (C(OH)–C–C–N with tert-alkyl or cyclic N) is 1. The minimum absolute atomic E-state index is 0.119. The molecule has 1 aromatic heterocycles. The quantitative estimate of drug-likeness (QED) is 0.604. The van der Waals surface area contributed by atoms with Gasteiger partial charge in [-0.3, -0.25) is 9.59 Å². The van der Waals surface area contributed by atoms with E-state index >= 15 is 0 Å². The Morgan fingerprint density at radius 1 is 1.10 bits per heavy atom. The number of aliphatic hydroxyl groups excluding tert-OH is 1. The molecule has 0 saturated carbocycles. The Kier molecular flexibility index (Phi) is 6.28. The third-order valence-electron chi connectivity index (χ3n) is 5.18. The zero-order valence-electron chi connectivity index (χ0n) is 16.9. The summed E-state index contributed by atoms with van der Waals surface area (Å²) in [6.45, 7) is 0.260. The number of benzene rings is 2. The molecule has 8 nitrogen and oxygen atoms in total. The lowest BCUT2D eigenvalue weighted by Crippen LogP contribution is -2.47. The number of carbonyl (C=O) groups is 2. The molecule has 2 aromatic carbocycles. The minimum Gasteiger partial charge on any atom is -0.484 e. The molecule has 1 aliphatic rings. The second-order valence-electron chi connectivity index (χ2n) is 7.39. The predicted molar refractivity (Wildman–Crippen MR) is 113 cm³/mol. The number of rotatable bonds is 7. The fraction of sp³-hybridized carbons (Fsp3) is 0.261. The Balaban J connectivity index is 1.32. The van der Waals surface area contributed by atoms with E-state index in [9.17, 15) is 14.7 Å². The highest BCUT2D eigenvalue weighted by Gasteiger charge is 2.38. The van der Waals surface area contributed by atoms with Crippen molar-refractivity contribution in [1.82, 2.24) is 20.0 Å². The molecular weight excluding hydrogens is 396 g/mol. The highest BCUT2D eigenvalue weighted by Crippen LogP contribution is 2.19. The molecule has 8 heteroatoms. The van der Waals surface area contributed by atoms with Crippen molar-refractivity contribution in [3.63, 3.8) is 0 Å². The Bertz CT molecular complexity index is 1010. The number of ether oxygens (including phenoxy) is 1. The van der Waals surface area contributed by atoms with Gasteiger partial charge in [0.25, 0.3) is 5.91 Å². The summed E-state index contributed by atoms with van der Waals surface area (Å²) in [5, 5.41) is 17.1. The summed E-state index contributed by atoms with van der Waals surface area (Å²) in [6.07, 6.45) is 3.04. The van der Waals surface area contributed by atoms with Gasteiger partial charge in [-0.05, 0) is 35.9 Å². The maximum absolute atomic E-state index is 12.7. The Hall–Kier alpha value is -3.65. The number of aliphatic hydroxyl groups is 1. The summed E-state index contributed by atoms with van der Waals surface area (Å²) >= 11 is 0. The largest absolute Gasteiger partial charge is 0.484 e. The number of hydrogen-bond donors (Lipinski definition) is 2. The van der Waals surface area contributed by atoms with Gasteiger partial charge in [-0.25, -0.2) is 4.68 Å². The average molecular weight is 420 g/mol. The van der Waals surface area contributed by atoms with Crippen LogP contribution in [0.5, 0.6) is 5.75 Å². The lowest BCUT2D eigenvalue weighted by atomic mass is 10.1. The minimum atomic E-state index is -0.732. The standard InChI is InChI=1S/C23H24N4O4/c28-19-13-21(26(15-19)22(29)16-31-20-5-2-1-3-6-20)23(30)24-14-17-7-9-18(10-8-17)27-12-4-11-25-27/h1-12,19,21,28H,13-16H2,(H,24,30). The fourth-order valence-electron chi connectivity index (χ4n) is 3.58. The third-order valence-corrected chi connectivity index (χ3v) is 5.18. The van der Waals surface area contributed by atoms with Crippen molar-refractivity contribution in [3.05, 3.63) is 78.6 Å². The van der Waals surface area contributed by atoms with Crippen molar-refractivity contribution in [2.75, 3.05) is 13.2 Å². The van der Waals surface area contributed by atoms with Crippen LogP contribution in [0.4, 0.5) is 0 Å². The van der Waals surface area contributed by atoms with Gasteiger partial charge in [0.05, 0.1) is 11.8 Å². The van der Waals surface area contributed by atoms with E-state index in [-0.39, 0.29) is 31.4 Å². The van der Waals surface area contributed by atoms with Gasteiger partial charge in [-0.1, -0.05) is 30.3 Å². The van der Waals surface area contributed by atoms with Gasteiger partial charge in [0, 0.05) is 31.9 Å². The number of para-hydroxylation sites is 1. The summed E-state index contributed by atoms with van der Waals surface area (Å²) in [6, 6.07) is 17.8. The molecule has 4 rings (SSSR count). The predicted octanol–water partition coefficient (Wildman–Crippen LogP) is 1.53. The van der Waals surface area contributed by atoms with E-state index in [1.54, 1.807) is 23.0 Å². The first-order valence-corrected chi connectivity index (χ1v) is 10.1. The molecule has 0 radical (unpaired) electrons. The smallest absolute Gasteiger partial charge is 0.261 e. The molecule has 2 unspecified atom stereocenters. The molecule has 2 heterocycles. The van der Waals surface area contributed by atoms with Gasteiger partial charge in [0.15, 0.2) is 6.61 Å². The molecule has 31 heavy (non-hydrogen) atoms. The van der Waals surface area contributed by atoms with Crippen LogP contribution >= 0.6 is 0 Å². The van der Waals surface area contributed by atoms with E-state index < -0.39 is 12.1 Å². The van der Waals surface area contributed by atoms with Gasteiger partial charge in [-0.15, -0.1) is 0 Å². The van der Waals surface area contributed by atoms with Crippen LogP contribution in [0, 0.1) is 0 Å². The van der Waals surface area contributed by atoms with Crippen LogP contribution < -0.4 is 10.1 Å². The maximum Gasteiger partial charge on any atom is 0.261 e. The first-order valence-electron chi connectivity index (χ1n) is 10.1. The summed E-state index contributed by atoms with van der Waals surface area (Å²) in [4.78, 5) is 26.7. The lowest BCUT2D eigenvalue weighted by Gasteiger charge is -2.23. The van der Waals surface area contributed by atoms with Gasteiger partial charge >= 0.3 is 0 Å². The van der Waals surface area contributed by atoms with E-state index in [4.69, 9.17) is 4.74 Å². The summed E-state index contributed by atoms with van der Waals surface area (Å²) in [5.74, 6) is -0.0416. The van der Waals surface area contributed by atoms with Crippen LogP contribution in [0.2, 0.25) is 0 Å². The molecule has 2 atom stereocenters. The van der Waals surface area contributed by atoms with Crippen LogP contribution in [-0.2, 0) is 16.1 Å². The number of nitrogens with zero attached hydrogens (tertiary/aromatic N) is 3. The molecule has 160 valence electrons. The Labute approximate surface area is 180 Å². The number of nitrogens with one attached hydrogen (secondary N) is 1. The molecule has 0 spiro atoms. The van der Waals surface area contributed by atoms with Crippen molar-refractivity contribution in [1.29, 1.82) is 0 Å². The van der Waals surface area contributed by atoms with E-state index in [0.717, 1.165) is 11.3 Å². The molecular formula is C23H24N4O4. The zero-order chi connectivity index (χ0) is 21.6. The van der Waals surface area contributed by atoms with Crippen LogP contribution in [0.15, 0.2) is 73.1 Å². The van der Waals surface area contributed by atoms with Crippen molar-refractivity contribution in [2.45, 2.75) is 25.1 Å². The number of likely N-dealkylation sites (tertiary alicyclic amines) is 1. The number of amides is 2. The second kappa shape index (κ2) is 9.44. The lowest BCUT2D eigenvalue weighted by molar-refractivity contribution is -0.140. The molecule has 3 aromatic rings. The van der Waals surface area contributed by atoms with Crippen LogP contribution in [-0.4, -0.2) is 56.9 Å². The van der Waals surface area contributed by atoms with Gasteiger partial charge < -0.3 is 20.1 Å². The third kappa shape index (κ3) is 5.10. The van der Waals surface area contributed by atoms with Gasteiger partial charge in [0.1, 0.15) is 11.8 Å². The number of hydrogen-bond acceptors (Lipinski definition) is 5. The van der Waals surface area contributed by atoms with E-state index in [1.165, 1.54) is 4.90 Å². The average Bonchev–Trinajstić information content (AvgIpc) is 3.47. The van der Waals surface area contributed by atoms with Crippen molar-refractivity contribution < 1.29 is 19.4 Å². The topological polar surface area (TPSA) is 96.7 Å². The first-order chi connectivity index (χ1) is 15.1. The first kappa shape index (κ1) is 20.6. The SMILES string of the molecule is O=C(NCc1ccc(-n2cccn2)cc1)C1CC(O)CN1C(=O)COc1ccccc1. The normalized spacial score (nSPS) is 18.0. The molecule has 1 aliphatic heterocycles. The molecule has 0 aliphatic carbocycles. The molecule has 1 fully saturated rings. The Morgan fingerprint density at radius 2 is 1.87 bits per heavy atom. The van der Waals surface area contributed by atoms with Crippen molar-refractivity contribution in [3.8, 4) is 11.4 Å². The van der Waals surface area contributed by atoms with Crippen LogP contribution in [0.1, 0.15) is 12.0 Å². The highest BCUT2D eigenvalue weighted by molar-refractivity contribution is 5.89. The van der Waals surface area contributed by atoms with Gasteiger partial charge in [-0.2, -0.15) is 5.10 Å². The second-order valence-corrected chi connectivity index (χ2v) is 7.39. The van der Waals surface area contributed by atoms with E-state index in [0.29, 0.717) is 12.3 Å². The molecule has 2 N–H and O–H groups in total. The zero-order valence-corrected chi connectivity index (χ0v) is 16.9. The number of aromatic nitrogens is 2. The monoisotopic (exact) mass is 420 g/mol.